The van der Waals surface area contributed by atoms with Crippen molar-refractivity contribution in [2.45, 2.75) is 227 Å². The fourth-order valence-electron chi connectivity index (χ4n) is 10.6. The molecule has 7 heteroatoms. The van der Waals surface area contributed by atoms with Crippen LogP contribution in [-0.2, 0) is 15.1 Å². The number of hydrogen-bond acceptors (Lipinski definition) is 2. The molecule has 6 aliphatic rings. The van der Waals surface area contributed by atoms with Crippen LogP contribution in [0.5, 0.6) is 0 Å². The van der Waals surface area contributed by atoms with Gasteiger partial charge in [0.15, 0.2) is 0 Å². The summed E-state index contributed by atoms with van der Waals surface area (Å²) in [6.45, 7) is 0. The Bertz CT molecular complexity index is 502. The third kappa shape index (κ3) is 16.3. The quantitative estimate of drug-likeness (QED) is 0.199. The molecule has 2 nitrogen and oxygen atoms in total. The van der Waals surface area contributed by atoms with Crippen molar-refractivity contribution in [3.05, 3.63) is 0 Å². The third-order valence-electron chi connectivity index (χ3n) is 12.5. The molecule has 6 aliphatic carbocycles. The van der Waals surface area contributed by atoms with Gasteiger partial charge in [0, 0.05) is 15.8 Å². The van der Waals surface area contributed by atoms with Gasteiger partial charge in [-0.05, 0) is 154 Å². The molecule has 0 spiro atoms. The van der Waals surface area contributed by atoms with Crippen molar-refractivity contribution in [1.29, 1.82) is 0 Å². The van der Waals surface area contributed by atoms with Crippen molar-refractivity contribution in [1.82, 2.24) is 0 Å². The van der Waals surface area contributed by atoms with Gasteiger partial charge in [0.2, 0.25) is 0 Å². The van der Waals surface area contributed by atoms with Crippen LogP contribution >= 0.6 is 35.2 Å². The molecule has 0 bridgehead atoms. The molecule has 0 atom stereocenters. The predicted molar refractivity (Wildman–Crippen MR) is 201 cm³/mol. The summed E-state index contributed by atoms with van der Waals surface area (Å²) in [5.74, 6) is 0. The first-order valence-electron chi connectivity index (χ1n) is 19.7. The molecule has 6 rings (SSSR count). The molecule has 0 aromatic heterocycles. The van der Waals surface area contributed by atoms with E-state index < -0.39 is 0 Å². The normalized spacial score (nSPS) is 25.1. The number of hydrogen-bond donors (Lipinski definition) is 0. The molecule has 0 amide bonds. The Labute approximate surface area is 299 Å². The van der Waals surface area contributed by atoms with Crippen LogP contribution in [-0.4, -0.2) is 48.2 Å². The van der Waals surface area contributed by atoms with Gasteiger partial charge in [-0.2, -0.15) is 14.2 Å². The first-order valence-corrected chi connectivity index (χ1v) is 27.7. The minimum absolute atomic E-state index is 0.0465. The SMILES string of the molecule is C1CCC([PH+](C2CCCCC2)C2CCCCC2)CC1.C1CCC([PH+](C2CCCCC2)C2CCCCC2)CC1.C[O-].C[O-].[Cl][Ru+2][Cl]. The summed E-state index contributed by atoms with van der Waals surface area (Å²) in [7, 11) is 11.1. The molecule has 0 aliphatic heterocycles. The van der Waals surface area contributed by atoms with E-state index in [0.717, 1.165) is 14.2 Å². The number of halogens is 2. The second kappa shape index (κ2) is 28.7. The Morgan fingerprint density at radius 1 is 0.311 bits per heavy atom. The summed E-state index contributed by atoms with van der Waals surface area (Å²) in [4.78, 5) is 0. The summed E-state index contributed by atoms with van der Waals surface area (Å²) in [6, 6.07) is 0. The maximum atomic E-state index is 8.25. The molecular weight excluding hydrogens is 722 g/mol. The molecule has 0 unspecified atom stereocenters. The summed E-state index contributed by atoms with van der Waals surface area (Å²) in [5.41, 5.74) is 7.36. The number of rotatable bonds is 6. The third-order valence-corrected chi connectivity index (χ3v) is 21.6. The first kappa shape index (κ1) is 43.1. The van der Waals surface area contributed by atoms with Crippen LogP contribution in [0, 0.1) is 0 Å². The van der Waals surface area contributed by atoms with Gasteiger partial charge >= 0.3 is 34.5 Å². The van der Waals surface area contributed by atoms with Crippen molar-refractivity contribution in [3.8, 4) is 0 Å². The van der Waals surface area contributed by atoms with E-state index in [1.165, 1.54) is 34.0 Å². The van der Waals surface area contributed by atoms with E-state index in [1.54, 1.807) is 193 Å². The Hall–Kier alpha value is 1.98. The zero-order valence-electron chi connectivity index (χ0n) is 29.6. The molecule has 0 heterocycles. The second-order valence-corrected chi connectivity index (χ2v) is 24.6. The van der Waals surface area contributed by atoms with Crippen LogP contribution in [0.4, 0.5) is 0 Å². The molecule has 45 heavy (non-hydrogen) atoms. The van der Waals surface area contributed by atoms with Crippen LogP contribution in [0.3, 0.4) is 0 Å². The molecule has 6 fully saturated rings. The van der Waals surface area contributed by atoms with Gasteiger partial charge in [0.05, 0.1) is 34.0 Å². The first-order chi connectivity index (χ1) is 22.3. The van der Waals surface area contributed by atoms with Crippen LogP contribution in [0.1, 0.15) is 193 Å². The van der Waals surface area contributed by atoms with Crippen molar-refractivity contribution in [2.24, 2.45) is 0 Å². The van der Waals surface area contributed by atoms with Crippen molar-refractivity contribution >= 4 is 35.2 Å². The van der Waals surface area contributed by atoms with Crippen LogP contribution < -0.4 is 10.2 Å². The fraction of sp³-hybridized carbons (Fsp3) is 1.00. The molecule has 6 saturated carbocycles. The van der Waals surface area contributed by atoms with Crippen LogP contribution in [0.25, 0.3) is 0 Å². The Kier molecular flexibility index (Phi) is 27.5. The van der Waals surface area contributed by atoms with Crippen molar-refractivity contribution in [3.63, 3.8) is 0 Å². The van der Waals surface area contributed by atoms with Gasteiger partial charge in [-0.3, -0.25) is 0 Å². The minimum atomic E-state index is -0.346. The molecule has 268 valence electrons. The van der Waals surface area contributed by atoms with Gasteiger partial charge in [0.25, 0.3) is 0 Å². The Balaban J connectivity index is 0.000000262. The van der Waals surface area contributed by atoms with Gasteiger partial charge in [-0.25, -0.2) is 0 Å². The summed E-state index contributed by atoms with van der Waals surface area (Å²) in [6.07, 6.45) is 47.6. The van der Waals surface area contributed by atoms with Gasteiger partial charge in [-0.15, -0.1) is 0 Å². The van der Waals surface area contributed by atoms with Crippen molar-refractivity contribution < 1.29 is 25.4 Å². The van der Waals surface area contributed by atoms with E-state index in [0.29, 0.717) is 0 Å². The van der Waals surface area contributed by atoms with Crippen molar-refractivity contribution in [2.75, 3.05) is 14.2 Å². The van der Waals surface area contributed by atoms with Gasteiger partial charge in [0.1, 0.15) is 0 Å². The summed E-state index contributed by atoms with van der Waals surface area (Å²) < 4.78 is 0. The average Bonchev–Trinajstić information content (AvgIpc) is 3.14. The molecule has 0 N–H and O–H groups in total. The maximum absolute atomic E-state index is 8.25. The monoisotopic (exact) mass is 796 g/mol. The van der Waals surface area contributed by atoms with E-state index in [4.69, 9.17) is 29.6 Å². The zero-order valence-corrected chi connectivity index (χ0v) is 34.9. The van der Waals surface area contributed by atoms with Gasteiger partial charge < -0.3 is 10.2 Å². The van der Waals surface area contributed by atoms with E-state index in [2.05, 4.69) is 0 Å². The topological polar surface area (TPSA) is 46.1 Å². The summed E-state index contributed by atoms with van der Waals surface area (Å²) in [5, 5.41) is 16.5. The van der Waals surface area contributed by atoms with Crippen LogP contribution in [0.15, 0.2) is 0 Å². The molecule has 0 aromatic carbocycles. The molecular formula is C38H74Cl2O2P2Ru+2. The predicted octanol–water partition coefficient (Wildman–Crippen LogP) is 11.7. The summed E-state index contributed by atoms with van der Waals surface area (Å²) >= 11 is -0.346. The Morgan fingerprint density at radius 3 is 0.533 bits per heavy atom. The van der Waals surface area contributed by atoms with Gasteiger partial charge in [-0.1, -0.05) is 38.5 Å². The average molecular weight is 797 g/mol. The van der Waals surface area contributed by atoms with E-state index in [-0.39, 0.29) is 31.0 Å². The fourth-order valence-corrected chi connectivity index (χ4v) is 21.1. The zero-order chi connectivity index (χ0) is 32.5. The Morgan fingerprint density at radius 2 is 0.422 bits per heavy atom. The van der Waals surface area contributed by atoms with E-state index in [9.17, 15) is 0 Å². The molecule has 0 aromatic rings. The molecule has 0 radical (unpaired) electrons. The molecule has 0 saturated heterocycles. The van der Waals surface area contributed by atoms with E-state index in [1.807, 2.05) is 0 Å². The standard InChI is InChI=1S/2C18H33P.2CH3O.2ClH.Ru/c2*1-4-10-16(11-5-1)19(17-12-6-2-7-13-17)18-14-8-3-9-15-18;2*1-2;;;/h2*16-18H,1-15H2;2*1H3;2*1H;/q;;2*-1;;;+4. The van der Waals surface area contributed by atoms with Crippen LogP contribution in [0.2, 0.25) is 0 Å². The van der Waals surface area contributed by atoms with E-state index >= 15 is 0 Å². The second-order valence-electron chi connectivity index (χ2n) is 15.1.